The predicted octanol–water partition coefficient (Wildman–Crippen LogP) is 2.92. The van der Waals surface area contributed by atoms with Crippen LogP contribution in [0.3, 0.4) is 0 Å². The highest BCUT2D eigenvalue weighted by molar-refractivity contribution is 7.90. The molecule has 2 amide bonds. The maximum atomic E-state index is 12.6. The summed E-state index contributed by atoms with van der Waals surface area (Å²) in [5.74, 6) is -0.0143. The van der Waals surface area contributed by atoms with Gasteiger partial charge in [-0.05, 0) is 120 Å². The number of hydrogen-bond acceptors (Lipinski definition) is 5. The van der Waals surface area contributed by atoms with E-state index in [1.807, 2.05) is 0 Å². The number of fused-ring (bicyclic) bond motifs is 2. The van der Waals surface area contributed by atoms with E-state index in [0.29, 0.717) is 12.5 Å². The fraction of sp³-hybridized carbons (Fsp3) is 0.708. The molecule has 0 radical (unpaired) electrons. The van der Waals surface area contributed by atoms with Crippen LogP contribution in [0.25, 0.3) is 0 Å². The number of piperidine rings is 1. The van der Waals surface area contributed by atoms with Gasteiger partial charge in [-0.1, -0.05) is 6.07 Å². The van der Waals surface area contributed by atoms with Gasteiger partial charge in [-0.15, -0.1) is 0 Å². The number of sulfonamides is 1. The Morgan fingerprint density at radius 1 is 1.03 bits per heavy atom. The van der Waals surface area contributed by atoms with Crippen LogP contribution in [0.2, 0.25) is 0 Å². The van der Waals surface area contributed by atoms with Gasteiger partial charge in [0.05, 0.1) is 5.75 Å². The van der Waals surface area contributed by atoms with Crippen LogP contribution in [0.4, 0.5) is 10.5 Å². The highest BCUT2D eigenvalue weighted by Gasteiger charge is 2.26. The Hall–Kier alpha value is -1.64. The van der Waals surface area contributed by atoms with Crippen LogP contribution in [0, 0.1) is 0 Å². The zero-order valence-corrected chi connectivity index (χ0v) is 20.4. The number of benzene rings is 1. The van der Waals surface area contributed by atoms with Crippen molar-refractivity contribution in [3.63, 3.8) is 0 Å². The van der Waals surface area contributed by atoms with E-state index in [9.17, 15) is 13.2 Å². The van der Waals surface area contributed by atoms with E-state index in [4.69, 9.17) is 0 Å². The van der Waals surface area contributed by atoms with E-state index in [0.717, 1.165) is 70.3 Å². The largest absolute Gasteiger partial charge is 0.332 e. The molecule has 1 aromatic carbocycles. The van der Waals surface area contributed by atoms with Gasteiger partial charge in [-0.2, -0.15) is 0 Å². The van der Waals surface area contributed by atoms with Gasteiger partial charge in [0.1, 0.15) is 0 Å². The van der Waals surface area contributed by atoms with Crippen molar-refractivity contribution in [2.45, 2.75) is 70.3 Å². The molecule has 1 aromatic rings. The van der Waals surface area contributed by atoms with Gasteiger partial charge in [0, 0.05) is 11.7 Å². The summed E-state index contributed by atoms with van der Waals surface area (Å²) in [6, 6.07) is 2.33. The average molecular weight is 463 g/mol. The zero-order chi connectivity index (χ0) is 22.7. The number of carbonyl (C=O) groups is 1. The molecule has 1 fully saturated rings. The van der Waals surface area contributed by atoms with Crippen molar-refractivity contribution < 1.29 is 13.2 Å². The molecule has 0 aromatic heterocycles. The van der Waals surface area contributed by atoms with E-state index in [2.05, 4.69) is 40.0 Å². The van der Waals surface area contributed by atoms with Crippen LogP contribution >= 0.6 is 0 Å². The Balaban J connectivity index is 1.24. The van der Waals surface area contributed by atoms with Gasteiger partial charge in [-0.25, -0.2) is 17.9 Å². The lowest BCUT2D eigenvalue weighted by atomic mass is 9.99. The van der Waals surface area contributed by atoms with Gasteiger partial charge >= 0.3 is 6.03 Å². The van der Waals surface area contributed by atoms with Crippen molar-refractivity contribution in [2.24, 2.45) is 0 Å². The molecule has 8 heteroatoms. The molecule has 0 atom stereocenters. The van der Waals surface area contributed by atoms with E-state index < -0.39 is 16.1 Å². The van der Waals surface area contributed by atoms with Crippen molar-refractivity contribution in [2.75, 3.05) is 44.8 Å². The second-order valence-corrected chi connectivity index (χ2v) is 11.7. The van der Waals surface area contributed by atoms with Gasteiger partial charge in [0.15, 0.2) is 0 Å². The lowest BCUT2D eigenvalue weighted by Crippen LogP contribution is -2.42. The monoisotopic (exact) mass is 462 g/mol. The molecule has 2 aliphatic carbocycles. The molecule has 0 unspecified atom stereocenters. The average Bonchev–Trinajstić information content (AvgIpc) is 3.40. The minimum absolute atomic E-state index is 0.0143. The molecule has 32 heavy (non-hydrogen) atoms. The molecule has 0 bridgehead atoms. The topological polar surface area (TPSA) is 81.8 Å². The molecule has 0 spiro atoms. The summed E-state index contributed by atoms with van der Waals surface area (Å²) in [7, 11) is 0.624. The van der Waals surface area contributed by atoms with E-state index >= 15 is 0 Å². The van der Waals surface area contributed by atoms with Crippen LogP contribution in [-0.4, -0.2) is 69.8 Å². The molecule has 3 aliphatic rings. The van der Waals surface area contributed by atoms with Crippen LogP contribution in [-0.2, 0) is 35.7 Å². The van der Waals surface area contributed by atoms with Gasteiger partial charge < -0.3 is 15.1 Å². The second kappa shape index (κ2) is 10.1. The molecule has 0 saturated carbocycles. The minimum Gasteiger partial charge on any atom is -0.307 e. The van der Waals surface area contributed by atoms with E-state index in [1.165, 1.54) is 35.1 Å². The van der Waals surface area contributed by atoms with Crippen molar-refractivity contribution >= 4 is 21.7 Å². The number of likely N-dealkylation sites (tertiary alicyclic amines) is 1. The number of rotatable bonds is 8. The summed E-state index contributed by atoms with van der Waals surface area (Å²) >= 11 is 0. The molecule has 1 heterocycles. The lowest BCUT2D eigenvalue weighted by Gasteiger charge is -2.35. The van der Waals surface area contributed by atoms with Crippen LogP contribution in [0.5, 0.6) is 0 Å². The minimum atomic E-state index is -3.64. The Labute approximate surface area is 193 Å². The number of anilines is 1. The fourth-order valence-corrected chi connectivity index (χ4v) is 6.61. The Morgan fingerprint density at radius 3 is 2.25 bits per heavy atom. The maximum absolute atomic E-state index is 12.6. The van der Waals surface area contributed by atoms with Gasteiger partial charge in [0.25, 0.3) is 0 Å². The number of hydrogen-bond donors (Lipinski definition) is 2. The summed E-state index contributed by atoms with van der Waals surface area (Å²) in [5, 5.41) is 2.91. The number of carbonyl (C=O) groups excluding carboxylic acids is 1. The summed E-state index contributed by atoms with van der Waals surface area (Å²) in [5.41, 5.74) is 5.92. The Morgan fingerprint density at radius 2 is 1.66 bits per heavy atom. The first-order valence-corrected chi connectivity index (χ1v) is 13.8. The lowest BCUT2D eigenvalue weighted by molar-refractivity contribution is 0.144. The third-order valence-corrected chi connectivity index (χ3v) is 8.71. The summed E-state index contributed by atoms with van der Waals surface area (Å²) < 4.78 is 27.2. The molecular formula is C24H38N4O3S. The Kier molecular flexibility index (Phi) is 7.42. The standard InChI is InChI=1S/C24H38N4O3S/c1-27(2)20-11-14-28(15-12-20)13-3-4-16-32(30,31)26-24(29)25-23-21-9-5-7-18(21)17-19-8-6-10-22(19)23/h17,20H,3-16H2,1-2H3,(H2,25,26,29). The number of aryl methyl sites for hydroxylation is 2. The maximum Gasteiger partial charge on any atom is 0.332 e. The first-order valence-electron chi connectivity index (χ1n) is 12.2. The number of nitrogens with one attached hydrogen (secondary N) is 2. The molecule has 1 aliphatic heterocycles. The van der Waals surface area contributed by atoms with Gasteiger partial charge in [0.2, 0.25) is 10.0 Å². The highest BCUT2D eigenvalue weighted by atomic mass is 32.2. The molecule has 2 N–H and O–H groups in total. The summed E-state index contributed by atoms with van der Waals surface area (Å²) in [4.78, 5) is 17.3. The summed E-state index contributed by atoms with van der Waals surface area (Å²) in [6.07, 6.45) is 9.92. The van der Waals surface area contributed by atoms with E-state index in [1.54, 1.807) is 0 Å². The van der Waals surface area contributed by atoms with Crippen LogP contribution in [0.15, 0.2) is 6.07 Å². The third kappa shape index (κ3) is 5.64. The molecule has 7 nitrogen and oxygen atoms in total. The first kappa shape index (κ1) is 23.5. The fourth-order valence-electron chi connectivity index (χ4n) is 5.59. The molecule has 178 valence electrons. The number of amides is 2. The Bertz CT molecular complexity index is 905. The zero-order valence-electron chi connectivity index (χ0n) is 19.6. The molecule has 1 saturated heterocycles. The quantitative estimate of drug-likeness (QED) is 0.581. The van der Waals surface area contributed by atoms with E-state index in [-0.39, 0.29) is 5.75 Å². The van der Waals surface area contributed by atoms with Gasteiger partial charge in [-0.3, -0.25) is 0 Å². The first-order chi connectivity index (χ1) is 15.3. The van der Waals surface area contributed by atoms with Crippen molar-refractivity contribution in [3.05, 3.63) is 28.3 Å². The molecule has 4 rings (SSSR count). The smallest absolute Gasteiger partial charge is 0.307 e. The number of urea groups is 1. The number of nitrogens with zero attached hydrogens (tertiary/aromatic N) is 2. The SMILES string of the molecule is CN(C)C1CCN(CCCCS(=O)(=O)NC(=O)Nc2c3c(cc4c2CCC4)CCC3)CC1. The molecular weight excluding hydrogens is 424 g/mol. The van der Waals surface area contributed by atoms with Crippen molar-refractivity contribution in [1.82, 2.24) is 14.5 Å². The van der Waals surface area contributed by atoms with Crippen molar-refractivity contribution in [3.8, 4) is 0 Å². The van der Waals surface area contributed by atoms with Crippen LogP contribution < -0.4 is 10.0 Å². The van der Waals surface area contributed by atoms with Crippen LogP contribution in [0.1, 0.15) is 60.8 Å². The third-order valence-electron chi connectivity index (χ3n) is 7.38. The summed E-state index contributed by atoms with van der Waals surface area (Å²) in [6.45, 7) is 3.06. The predicted molar refractivity (Wildman–Crippen MR) is 129 cm³/mol. The second-order valence-electron chi connectivity index (χ2n) is 9.85. The number of unbranched alkanes of at least 4 members (excludes halogenated alkanes) is 1. The normalized spacial score (nSPS) is 19.2. The van der Waals surface area contributed by atoms with Crippen molar-refractivity contribution in [1.29, 1.82) is 0 Å². The highest BCUT2D eigenvalue weighted by Crippen LogP contribution is 2.38.